The van der Waals surface area contributed by atoms with E-state index in [9.17, 15) is 9.59 Å². The zero-order valence-corrected chi connectivity index (χ0v) is 13.0. The van der Waals surface area contributed by atoms with Gasteiger partial charge in [-0.25, -0.2) is 4.79 Å². The van der Waals surface area contributed by atoms with Gasteiger partial charge in [0.25, 0.3) is 0 Å². The molecular formula is C16H23NO4. The smallest absolute Gasteiger partial charge is 0.412 e. The molecule has 1 aliphatic rings. The molecule has 0 aromatic heterocycles. The van der Waals surface area contributed by atoms with Crippen molar-refractivity contribution < 1.29 is 19.1 Å². The van der Waals surface area contributed by atoms with Crippen LogP contribution in [0.3, 0.4) is 0 Å². The minimum absolute atomic E-state index is 0.0417. The number of para-hydroxylation sites is 1. The number of hydrogen-bond donors (Lipinski definition) is 1. The van der Waals surface area contributed by atoms with Crippen LogP contribution in [0.2, 0.25) is 0 Å². The van der Waals surface area contributed by atoms with Gasteiger partial charge < -0.3 is 9.47 Å². The van der Waals surface area contributed by atoms with E-state index in [1.165, 1.54) is 7.11 Å². The quantitative estimate of drug-likeness (QED) is 0.846. The molecule has 0 aliphatic heterocycles. The molecule has 1 N–H and O–H groups in total. The van der Waals surface area contributed by atoms with E-state index in [2.05, 4.69) is 10.1 Å². The second kappa shape index (κ2) is 7.67. The van der Waals surface area contributed by atoms with Crippen molar-refractivity contribution in [3.05, 3.63) is 30.3 Å². The van der Waals surface area contributed by atoms with E-state index in [-0.39, 0.29) is 11.9 Å². The molecule has 1 saturated carbocycles. The molecule has 1 amide bonds. The van der Waals surface area contributed by atoms with Gasteiger partial charge >= 0.3 is 12.1 Å². The number of anilines is 1. The zero-order valence-electron chi connectivity index (χ0n) is 13.0. The Bertz CT molecular complexity index is 461. The molecule has 1 aromatic carbocycles. The van der Waals surface area contributed by atoms with Crippen molar-refractivity contribution in [1.29, 1.82) is 0 Å². The molecule has 0 atom stereocenters. The summed E-state index contributed by atoms with van der Waals surface area (Å²) in [5.41, 5.74) is 0.278. The van der Waals surface area contributed by atoms with E-state index in [1.807, 2.05) is 51.1 Å². The summed E-state index contributed by atoms with van der Waals surface area (Å²) in [5.74, 6) is 0.213. The van der Waals surface area contributed by atoms with Crippen molar-refractivity contribution in [1.82, 2.24) is 0 Å². The number of nitrogens with one attached hydrogen (secondary N) is 1. The SMILES string of the molecule is CC(C)(C)OC(=O)Nc1ccccc1.COC(=O)C1CC1. The van der Waals surface area contributed by atoms with Gasteiger partial charge in [0.15, 0.2) is 0 Å². The Morgan fingerprint density at radius 1 is 1.14 bits per heavy atom. The van der Waals surface area contributed by atoms with Gasteiger partial charge in [-0.3, -0.25) is 10.1 Å². The predicted octanol–water partition coefficient (Wildman–Crippen LogP) is 3.60. The summed E-state index contributed by atoms with van der Waals surface area (Å²) in [6.45, 7) is 5.49. The zero-order chi connectivity index (χ0) is 15.9. The summed E-state index contributed by atoms with van der Waals surface area (Å²) in [6.07, 6.45) is 1.64. The number of benzene rings is 1. The van der Waals surface area contributed by atoms with Gasteiger partial charge in [-0.15, -0.1) is 0 Å². The molecule has 5 nitrogen and oxygen atoms in total. The predicted molar refractivity (Wildman–Crippen MR) is 81.0 cm³/mol. The molecular weight excluding hydrogens is 270 g/mol. The summed E-state index contributed by atoms with van der Waals surface area (Å²) in [5, 5.41) is 2.64. The molecule has 0 unspecified atom stereocenters. The lowest BCUT2D eigenvalue weighted by Gasteiger charge is -2.19. The third-order valence-electron chi connectivity index (χ3n) is 2.53. The molecule has 1 fully saturated rings. The van der Waals surface area contributed by atoms with Crippen molar-refractivity contribution in [3.63, 3.8) is 0 Å². The van der Waals surface area contributed by atoms with Crippen molar-refractivity contribution in [3.8, 4) is 0 Å². The lowest BCUT2D eigenvalue weighted by molar-refractivity contribution is -0.142. The first kappa shape index (κ1) is 17.0. The first-order chi connectivity index (χ1) is 9.81. The van der Waals surface area contributed by atoms with E-state index < -0.39 is 11.7 Å². The van der Waals surface area contributed by atoms with Crippen LogP contribution in [-0.2, 0) is 14.3 Å². The normalized spacial score (nSPS) is 13.5. The Kier molecular flexibility index (Phi) is 6.21. The van der Waals surface area contributed by atoms with Crippen LogP contribution in [0.15, 0.2) is 30.3 Å². The average Bonchev–Trinajstić information content (AvgIpc) is 3.21. The summed E-state index contributed by atoms with van der Waals surface area (Å²) >= 11 is 0. The Labute approximate surface area is 125 Å². The molecule has 0 bridgehead atoms. The number of rotatable bonds is 2. The lowest BCUT2D eigenvalue weighted by atomic mass is 10.2. The highest BCUT2D eigenvalue weighted by molar-refractivity contribution is 5.84. The molecule has 21 heavy (non-hydrogen) atoms. The minimum Gasteiger partial charge on any atom is -0.469 e. The van der Waals surface area contributed by atoms with Crippen LogP contribution in [0.25, 0.3) is 0 Å². The maximum Gasteiger partial charge on any atom is 0.412 e. The summed E-state index contributed by atoms with van der Waals surface area (Å²) in [6, 6.07) is 9.22. The molecule has 5 heteroatoms. The highest BCUT2D eigenvalue weighted by atomic mass is 16.6. The van der Waals surface area contributed by atoms with Crippen LogP contribution < -0.4 is 5.32 Å². The van der Waals surface area contributed by atoms with Gasteiger partial charge in [-0.1, -0.05) is 18.2 Å². The number of methoxy groups -OCH3 is 1. The average molecular weight is 293 g/mol. The van der Waals surface area contributed by atoms with E-state index >= 15 is 0 Å². The van der Waals surface area contributed by atoms with E-state index in [1.54, 1.807) is 0 Å². The first-order valence-electron chi connectivity index (χ1n) is 6.94. The lowest BCUT2D eigenvalue weighted by Crippen LogP contribution is -2.27. The number of carbonyl (C=O) groups excluding carboxylic acids is 2. The van der Waals surface area contributed by atoms with Crippen molar-refractivity contribution in [2.75, 3.05) is 12.4 Å². The standard InChI is InChI=1S/C11H15NO2.C5H8O2/c1-11(2,3)14-10(13)12-9-7-5-4-6-8-9;1-7-5(6)4-2-3-4/h4-8H,1-3H3,(H,12,13);4H,2-3H2,1H3. The van der Waals surface area contributed by atoms with E-state index in [4.69, 9.17) is 4.74 Å². The summed E-state index contributed by atoms with van der Waals surface area (Å²) in [4.78, 5) is 21.6. The summed E-state index contributed by atoms with van der Waals surface area (Å²) in [7, 11) is 1.43. The van der Waals surface area contributed by atoms with E-state index in [0.29, 0.717) is 0 Å². The molecule has 0 spiro atoms. The molecule has 2 rings (SSSR count). The fourth-order valence-corrected chi connectivity index (χ4v) is 1.43. The highest BCUT2D eigenvalue weighted by Gasteiger charge is 2.30. The fraction of sp³-hybridized carbons (Fsp3) is 0.500. The Morgan fingerprint density at radius 3 is 2.10 bits per heavy atom. The van der Waals surface area contributed by atoms with Crippen LogP contribution in [-0.4, -0.2) is 24.8 Å². The monoisotopic (exact) mass is 293 g/mol. The Morgan fingerprint density at radius 2 is 1.71 bits per heavy atom. The maximum atomic E-state index is 11.3. The van der Waals surface area contributed by atoms with Gasteiger partial charge in [-0.05, 0) is 45.7 Å². The van der Waals surface area contributed by atoms with Crippen molar-refractivity contribution >= 4 is 17.7 Å². The Balaban J connectivity index is 0.000000262. The van der Waals surface area contributed by atoms with Crippen LogP contribution in [0.1, 0.15) is 33.6 Å². The number of hydrogen-bond acceptors (Lipinski definition) is 4. The van der Waals surface area contributed by atoms with Crippen LogP contribution >= 0.6 is 0 Å². The number of carbonyl (C=O) groups is 2. The molecule has 0 saturated heterocycles. The third-order valence-corrected chi connectivity index (χ3v) is 2.53. The van der Waals surface area contributed by atoms with Gasteiger partial charge in [0.05, 0.1) is 13.0 Å². The van der Waals surface area contributed by atoms with Crippen LogP contribution in [0.5, 0.6) is 0 Å². The largest absolute Gasteiger partial charge is 0.469 e. The molecule has 0 heterocycles. The first-order valence-corrected chi connectivity index (χ1v) is 6.94. The second-order valence-corrected chi connectivity index (χ2v) is 5.79. The van der Waals surface area contributed by atoms with Crippen LogP contribution in [0.4, 0.5) is 10.5 Å². The van der Waals surface area contributed by atoms with Gasteiger partial charge in [0, 0.05) is 5.69 Å². The van der Waals surface area contributed by atoms with Gasteiger partial charge in [-0.2, -0.15) is 0 Å². The second-order valence-electron chi connectivity index (χ2n) is 5.79. The van der Waals surface area contributed by atoms with E-state index in [0.717, 1.165) is 18.5 Å². The van der Waals surface area contributed by atoms with Gasteiger partial charge in [0.2, 0.25) is 0 Å². The fourth-order valence-electron chi connectivity index (χ4n) is 1.43. The molecule has 1 aromatic rings. The Hall–Kier alpha value is -2.04. The molecule has 116 valence electrons. The molecule has 1 aliphatic carbocycles. The number of amides is 1. The number of esters is 1. The minimum atomic E-state index is -0.459. The third kappa shape index (κ3) is 7.97. The maximum absolute atomic E-state index is 11.3. The summed E-state index contributed by atoms with van der Waals surface area (Å²) < 4.78 is 9.53. The topological polar surface area (TPSA) is 64.6 Å². The van der Waals surface area contributed by atoms with Crippen molar-refractivity contribution in [2.45, 2.75) is 39.2 Å². The van der Waals surface area contributed by atoms with Gasteiger partial charge in [0.1, 0.15) is 5.60 Å². The van der Waals surface area contributed by atoms with Crippen molar-refractivity contribution in [2.24, 2.45) is 5.92 Å². The van der Waals surface area contributed by atoms with Crippen LogP contribution in [0, 0.1) is 5.92 Å². The molecule has 0 radical (unpaired) electrons. The highest BCUT2D eigenvalue weighted by Crippen LogP contribution is 2.29. The number of ether oxygens (including phenoxy) is 2.